The van der Waals surface area contributed by atoms with Crippen LogP contribution in [0.15, 0.2) is 59.3 Å². The first-order valence-electron chi connectivity index (χ1n) is 8.11. The molecule has 0 radical (unpaired) electrons. The quantitative estimate of drug-likeness (QED) is 0.327. The molecule has 0 fully saturated rings. The van der Waals surface area contributed by atoms with E-state index in [9.17, 15) is 0 Å². The molecule has 0 spiro atoms. The van der Waals surface area contributed by atoms with E-state index in [1.54, 1.807) is 0 Å². The van der Waals surface area contributed by atoms with Gasteiger partial charge < -0.3 is 0 Å². The molecular weight excluding hydrogens is 328 g/mol. The molecule has 0 N–H and O–H groups in total. The number of benzene rings is 2. The van der Waals surface area contributed by atoms with E-state index in [2.05, 4.69) is 73.1 Å². The van der Waals surface area contributed by atoms with Crippen molar-refractivity contribution in [1.82, 2.24) is 0 Å². The molecule has 0 amide bonds. The Labute approximate surface area is 149 Å². The van der Waals surface area contributed by atoms with Gasteiger partial charge in [0.1, 0.15) is 0 Å². The number of hydrogen-bond acceptors (Lipinski definition) is 2. The molecule has 0 atom stereocenters. The Morgan fingerprint density at radius 2 is 1.12 bits per heavy atom. The normalized spacial score (nSPS) is 13.2. The van der Waals surface area contributed by atoms with Gasteiger partial charge in [0.05, 0.1) is 0 Å². The second-order valence-corrected chi connectivity index (χ2v) is 8.16. The molecule has 0 aliphatic heterocycles. The van der Waals surface area contributed by atoms with Crippen LogP contribution < -0.4 is 0 Å². The summed E-state index contributed by atoms with van der Waals surface area (Å²) in [5.74, 6) is 0. The monoisotopic (exact) mass is 344 g/mol. The maximum atomic E-state index is 2.29. The van der Waals surface area contributed by atoms with E-state index in [0.717, 1.165) is 0 Å². The fourth-order valence-corrected chi connectivity index (χ4v) is 5.74. The zero-order valence-electron chi connectivity index (χ0n) is 13.6. The maximum absolute atomic E-state index is 2.29. The van der Waals surface area contributed by atoms with E-state index >= 15 is 0 Å². The summed E-state index contributed by atoms with van der Waals surface area (Å²) in [6.45, 7) is 4.45. The van der Waals surface area contributed by atoms with Crippen molar-refractivity contribution < 1.29 is 0 Å². The molecule has 5 rings (SSSR count). The van der Waals surface area contributed by atoms with Crippen molar-refractivity contribution in [2.45, 2.75) is 13.8 Å². The highest BCUT2D eigenvalue weighted by Gasteiger charge is 2.28. The molecule has 2 heteroatoms. The molecule has 116 valence electrons. The van der Waals surface area contributed by atoms with Gasteiger partial charge in [0.2, 0.25) is 0 Å². The Hall–Kier alpha value is -2.16. The summed E-state index contributed by atoms with van der Waals surface area (Å²) < 4.78 is 0. The molecule has 1 aliphatic rings. The van der Waals surface area contributed by atoms with Crippen molar-refractivity contribution in [3.8, 4) is 0 Å². The molecule has 0 nitrogen and oxygen atoms in total. The largest absolute Gasteiger partial charge is 0.144 e. The molecule has 0 bridgehead atoms. The maximum Gasteiger partial charge on any atom is 0.0384 e. The second kappa shape index (κ2) is 5.17. The highest BCUT2D eigenvalue weighted by molar-refractivity contribution is 7.12. The lowest BCUT2D eigenvalue weighted by molar-refractivity contribution is 1.50. The van der Waals surface area contributed by atoms with Crippen LogP contribution in [0.1, 0.15) is 32.0 Å². The van der Waals surface area contributed by atoms with Crippen molar-refractivity contribution in [1.29, 1.82) is 0 Å². The zero-order valence-corrected chi connectivity index (χ0v) is 15.2. The van der Waals surface area contributed by atoms with Gasteiger partial charge in [-0.2, -0.15) is 0 Å². The van der Waals surface area contributed by atoms with Crippen molar-refractivity contribution in [2.24, 2.45) is 0 Å². The van der Waals surface area contributed by atoms with E-state index in [4.69, 9.17) is 0 Å². The van der Waals surface area contributed by atoms with Gasteiger partial charge in [-0.1, -0.05) is 36.4 Å². The highest BCUT2D eigenvalue weighted by atomic mass is 32.1. The molecule has 2 heterocycles. The van der Waals surface area contributed by atoms with Crippen LogP contribution in [-0.2, 0) is 0 Å². The molecule has 24 heavy (non-hydrogen) atoms. The van der Waals surface area contributed by atoms with E-state index in [0.29, 0.717) is 0 Å². The topological polar surface area (TPSA) is 0 Å². The average Bonchev–Trinajstić information content (AvgIpc) is 3.27. The van der Waals surface area contributed by atoms with Gasteiger partial charge in [-0.05, 0) is 69.8 Å². The minimum atomic E-state index is 1.33. The van der Waals surface area contributed by atoms with Crippen LogP contribution in [0.4, 0.5) is 0 Å². The number of thiophene rings is 2. The SMILES string of the molecule is Cc1ccsc1C1=C(c2sccc2C)c2cccc3cccc1c23. The van der Waals surface area contributed by atoms with Crippen molar-refractivity contribution >= 4 is 44.6 Å². The van der Waals surface area contributed by atoms with Crippen LogP contribution in [0, 0.1) is 13.8 Å². The van der Waals surface area contributed by atoms with Crippen LogP contribution in [0.25, 0.3) is 21.9 Å². The first-order valence-corrected chi connectivity index (χ1v) is 9.87. The summed E-state index contributed by atoms with van der Waals surface area (Å²) in [5, 5.41) is 7.16. The summed E-state index contributed by atoms with van der Waals surface area (Å²) in [6, 6.07) is 17.9. The standard InChI is InChI=1S/C22H16S2/c1-13-9-11-23-21(13)19-16-7-3-5-15-6-4-8-17(18(15)16)20(19)22-14(2)10-12-24-22/h3-12H,1-2H3. The molecule has 0 unspecified atom stereocenters. The predicted octanol–water partition coefficient (Wildman–Crippen LogP) is 6.90. The van der Waals surface area contributed by atoms with E-state index in [1.165, 1.54) is 53.9 Å². The van der Waals surface area contributed by atoms with Gasteiger partial charge in [0.15, 0.2) is 0 Å². The molecule has 2 aromatic carbocycles. The van der Waals surface area contributed by atoms with E-state index in [1.807, 2.05) is 22.7 Å². The van der Waals surface area contributed by atoms with Crippen molar-refractivity contribution in [2.75, 3.05) is 0 Å². The van der Waals surface area contributed by atoms with Crippen LogP contribution >= 0.6 is 22.7 Å². The third-order valence-corrected chi connectivity index (χ3v) is 6.94. The number of hydrogen-bond donors (Lipinski definition) is 0. The summed E-state index contributed by atoms with van der Waals surface area (Å²) in [4.78, 5) is 2.81. The third kappa shape index (κ3) is 1.84. The van der Waals surface area contributed by atoms with Gasteiger partial charge in [0.25, 0.3) is 0 Å². The van der Waals surface area contributed by atoms with Gasteiger partial charge in [-0.25, -0.2) is 0 Å². The molecule has 0 saturated carbocycles. The lowest BCUT2D eigenvalue weighted by Gasteiger charge is -2.09. The summed E-state index contributed by atoms with van der Waals surface area (Å²) in [7, 11) is 0. The molecule has 1 aliphatic carbocycles. The second-order valence-electron chi connectivity index (χ2n) is 6.32. The lowest BCUT2D eigenvalue weighted by Crippen LogP contribution is -1.89. The Morgan fingerprint density at radius 1 is 0.625 bits per heavy atom. The van der Waals surface area contributed by atoms with Gasteiger partial charge in [0, 0.05) is 20.9 Å². The van der Waals surface area contributed by atoms with E-state index in [-0.39, 0.29) is 0 Å². The average molecular weight is 345 g/mol. The Bertz CT molecular complexity index is 1040. The van der Waals surface area contributed by atoms with Crippen molar-refractivity contribution in [3.63, 3.8) is 0 Å². The summed E-state index contributed by atoms with van der Waals surface area (Å²) in [5.41, 5.74) is 8.34. The first-order chi connectivity index (χ1) is 11.8. The fourth-order valence-electron chi connectivity index (χ4n) is 3.76. The molecule has 0 saturated heterocycles. The molecular formula is C22H16S2. The van der Waals surface area contributed by atoms with Gasteiger partial charge in [-0.3, -0.25) is 0 Å². The number of rotatable bonds is 2. The first kappa shape index (κ1) is 14.2. The van der Waals surface area contributed by atoms with Crippen LogP contribution in [-0.4, -0.2) is 0 Å². The number of aryl methyl sites for hydroxylation is 2. The summed E-state index contributed by atoms with van der Waals surface area (Å²) >= 11 is 3.71. The Balaban J connectivity index is 1.97. The van der Waals surface area contributed by atoms with Crippen LogP contribution in [0.3, 0.4) is 0 Å². The predicted molar refractivity (Wildman–Crippen MR) is 107 cm³/mol. The fraction of sp³-hybridized carbons (Fsp3) is 0.0909. The van der Waals surface area contributed by atoms with Crippen LogP contribution in [0.5, 0.6) is 0 Å². The molecule has 2 aromatic heterocycles. The van der Waals surface area contributed by atoms with Gasteiger partial charge in [-0.15, -0.1) is 22.7 Å². The van der Waals surface area contributed by atoms with Crippen molar-refractivity contribution in [3.05, 3.63) is 91.3 Å². The minimum absolute atomic E-state index is 1.33. The zero-order chi connectivity index (χ0) is 16.3. The smallest absolute Gasteiger partial charge is 0.0384 e. The Morgan fingerprint density at radius 3 is 1.54 bits per heavy atom. The minimum Gasteiger partial charge on any atom is -0.144 e. The molecule has 4 aromatic rings. The summed E-state index contributed by atoms with van der Waals surface area (Å²) in [6.07, 6.45) is 0. The van der Waals surface area contributed by atoms with Crippen LogP contribution in [0.2, 0.25) is 0 Å². The highest BCUT2D eigenvalue weighted by Crippen LogP contribution is 2.50. The lowest BCUT2D eigenvalue weighted by atomic mass is 9.98. The van der Waals surface area contributed by atoms with Gasteiger partial charge >= 0.3 is 0 Å². The Kier molecular flexibility index (Phi) is 3.06. The van der Waals surface area contributed by atoms with E-state index < -0.39 is 0 Å². The third-order valence-electron chi connectivity index (χ3n) is 4.87.